The summed E-state index contributed by atoms with van der Waals surface area (Å²) in [5.74, 6) is 0. The smallest absolute Gasteiger partial charge is 0.142 e. The van der Waals surface area contributed by atoms with Crippen LogP contribution in [0.15, 0.2) is 47.0 Å². The van der Waals surface area contributed by atoms with Gasteiger partial charge in [0.15, 0.2) is 0 Å². The van der Waals surface area contributed by atoms with E-state index in [0.717, 1.165) is 21.5 Å². The van der Waals surface area contributed by atoms with Gasteiger partial charge in [-0.15, -0.1) is 16.2 Å². The van der Waals surface area contributed by atoms with E-state index >= 15 is 0 Å². The molecule has 0 atom stereocenters. The minimum absolute atomic E-state index is 0.498. The summed E-state index contributed by atoms with van der Waals surface area (Å²) in [6.07, 6.45) is 0. The zero-order valence-electron chi connectivity index (χ0n) is 8.31. The standard InChI is InChI=1S/C12H8N2OS/c15-14-11-8-4-1-2-5-9(8)13-12(11)10-6-3-7-16-10/h1-7,13H. The lowest BCUT2D eigenvalue weighted by molar-refractivity contribution is 1.45. The van der Waals surface area contributed by atoms with Crippen molar-refractivity contribution in [3.63, 3.8) is 0 Å². The summed E-state index contributed by atoms with van der Waals surface area (Å²) < 4.78 is 0. The molecule has 0 fully saturated rings. The van der Waals surface area contributed by atoms with Crippen molar-refractivity contribution >= 4 is 27.9 Å². The average Bonchev–Trinajstić information content (AvgIpc) is 2.95. The number of hydrogen-bond donors (Lipinski definition) is 1. The Hall–Kier alpha value is -1.94. The molecule has 0 amide bonds. The van der Waals surface area contributed by atoms with Gasteiger partial charge in [-0.05, 0) is 22.7 Å². The Balaban J connectivity index is 2.37. The molecule has 1 aromatic carbocycles. The van der Waals surface area contributed by atoms with Crippen LogP contribution in [0.4, 0.5) is 5.69 Å². The molecule has 16 heavy (non-hydrogen) atoms. The molecule has 2 heterocycles. The Morgan fingerprint density at radius 1 is 1.12 bits per heavy atom. The van der Waals surface area contributed by atoms with Gasteiger partial charge in [0, 0.05) is 10.9 Å². The van der Waals surface area contributed by atoms with Crippen molar-refractivity contribution in [2.24, 2.45) is 5.18 Å². The molecular weight excluding hydrogens is 220 g/mol. The predicted octanol–water partition coefficient (Wildman–Crippen LogP) is 4.29. The minimum Gasteiger partial charge on any atom is -0.352 e. The molecule has 78 valence electrons. The summed E-state index contributed by atoms with van der Waals surface area (Å²) in [5, 5.41) is 6.00. The number of H-pyrrole nitrogens is 1. The third kappa shape index (κ3) is 1.27. The Morgan fingerprint density at radius 3 is 2.75 bits per heavy atom. The van der Waals surface area contributed by atoms with Crippen molar-refractivity contribution in [1.29, 1.82) is 0 Å². The molecule has 0 radical (unpaired) electrons. The van der Waals surface area contributed by atoms with Crippen LogP contribution >= 0.6 is 11.3 Å². The quantitative estimate of drug-likeness (QED) is 0.653. The second-order valence-corrected chi connectivity index (χ2v) is 4.41. The van der Waals surface area contributed by atoms with E-state index in [1.165, 1.54) is 0 Å². The van der Waals surface area contributed by atoms with Crippen molar-refractivity contribution in [1.82, 2.24) is 4.98 Å². The van der Waals surface area contributed by atoms with Gasteiger partial charge >= 0.3 is 0 Å². The van der Waals surface area contributed by atoms with Crippen molar-refractivity contribution in [3.05, 3.63) is 46.7 Å². The van der Waals surface area contributed by atoms with Crippen molar-refractivity contribution in [2.75, 3.05) is 0 Å². The number of benzene rings is 1. The number of hydrogen-bond acceptors (Lipinski definition) is 3. The van der Waals surface area contributed by atoms with E-state index in [2.05, 4.69) is 10.2 Å². The van der Waals surface area contributed by atoms with Crippen LogP contribution in [0.3, 0.4) is 0 Å². The summed E-state index contributed by atoms with van der Waals surface area (Å²) in [6, 6.07) is 11.6. The molecule has 0 aliphatic carbocycles. The highest BCUT2D eigenvalue weighted by Crippen LogP contribution is 2.38. The molecule has 0 saturated carbocycles. The van der Waals surface area contributed by atoms with Crippen molar-refractivity contribution < 1.29 is 0 Å². The van der Waals surface area contributed by atoms with Crippen LogP contribution in [0.2, 0.25) is 0 Å². The second-order valence-electron chi connectivity index (χ2n) is 3.46. The molecular formula is C12H8N2OS. The van der Waals surface area contributed by atoms with Crippen molar-refractivity contribution in [2.45, 2.75) is 0 Å². The maximum absolute atomic E-state index is 10.9. The Morgan fingerprint density at radius 2 is 2.00 bits per heavy atom. The first kappa shape index (κ1) is 9.30. The van der Waals surface area contributed by atoms with Gasteiger partial charge in [0.1, 0.15) is 5.69 Å². The van der Waals surface area contributed by atoms with Gasteiger partial charge in [0.2, 0.25) is 0 Å². The number of nitrogens with one attached hydrogen (secondary N) is 1. The fourth-order valence-corrected chi connectivity index (χ4v) is 2.55. The van der Waals surface area contributed by atoms with E-state index in [1.54, 1.807) is 11.3 Å². The van der Waals surface area contributed by atoms with E-state index in [-0.39, 0.29) is 0 Å². The topological polar surface area (TPSA) is 45.2 Å². The van der Waals surface area contributed by atoms with Crippen LogP contribution in [0.5, 0.6) is 0 Å². The van der Waals surface area contributed by atoms with Crippen LogP contribution in [0.1, 0.15) is 0 Å². The van der Waals surface area contributed by atoms with Gasteiger partial charge in [-0.25, -0.2) is 0 Å². The molecule has 0 unspecified atom stereocenters. The molecule has 3 rings (SSSR count). The number of aromatic amines is 1. The SMILES string of the molecule is O=Nc1c(-c2cccs2)[nH]c2ccccc12. The Bertz CT molecular complexity index is 640. The van der Waals surface area contributed by atoms with E-state index in [9.17, 15) is 4.91 Å². The molecule has 3 aromatic rings. The van der Waals surface area contributed by atoms with Crippen LogP contribution in [0, 0.1) is 4.91 Å². The highest BCUT2D eigenvalue weighted by Gasteiger charge is 2.13. The zero-order chi connectivity index (χ0) is 11.0. The number of aromatic nitrogens is 1. The summed E-state index contributed by atoms with van der Waals surface area (Å²) in [4.78, 5) is 15.2. The Kier molecular flexibility index (Phi) is 2.08. The molecule has 3 nitrogen and oxygen atoms in total. The molecule has 0 aliphatic heterocycles. The lowest BCUT2D eigenvalue weighted by atomic mass is 10.2. The number of nitroso groups, excluding NO2 is 1. The van der Waals surface area contributed by atoms with E-state index in [1.807, 2.05) is 41.8 Å². The first-order valence-electron chi connectivity index (χ1n) is 4.88. The summed E-state index contributed by atoms with van der Waals surface area (Å²) in [5.41, 5.74) is 2.25. The fraction of sp³-hybridized carbons (Fsp3) is 0. The van der Waals surface area contributed by atoms with E-state index in [0.29, 0.717) is 5.69 Å². The molecule has 0 saturated heterocycles. The average molecular weight is 228 g/mol. The number of para-hydroxylation sites is 1. The summed E-state index contributed by atoms with van der Waals surface area (Å²) >= 11 is 1.59. The zero-order valence-corrected chi connectivity index (χ0v) is 9.12. The van der Waals surface area contributed by atoms with Crippen molar-refractivity contribution in [3.8, 4) is 10.6 Å². The number of fused-ring (bicyclic) bond motifs is 1. The highest BCUT2D eigenvalue weighted by atomic mass is 32.1. The lowest BCUT2D eigenvalue weighted by Gasteiger charge is -1.91. The van der Waals surface area contributed by atoms with Gasteiger partial charge in [0.25, 0.3) is 0 Å². The highest BCUT2D eigenvalue weighted by molar-refractivity contribution is 7.13. The van der Waals surface area contributed by atoms with E-state index < -0.39 is 0 Å². The van der Waals surface area contributed by atoms with Crippen LogP contribution in [-0.2, 0) is 0 Å². The first-order chi connectivity index (χ1) is 7.90. The number of nitrogens with zero attached hydrogens (tertiary/aromatic N) is 1. The first-order valence-corrected chi connectivity index (χ1v) is 5.76. The minimum atomic E-state index is 0.498. The summed E-state index contributed by atoms with van der Waals surface area (Å²) in [6.45, 7) is 0. The van der Waals surface area contributed by atoms with Gasteiger partial charge in [-0.3, -0.25) is 0 Å². The molecule has 2 aromatic heterocycles. The predicted molar refractivity (Wildman–Crippen MR) is 67.1 cm³/mol. The van der Waals surface area contributed by atoms with Gasteiger partial charge < -0.3 is 4.98 Å². The number of rotatable bonds is 2. The van der Waals surface area contributed by atoms with E-state index in [4.69, 9.17) is 0 Å². The van der Waals surface area contributed by atoms with Crippen LogP contribution in [0.25, 0.3) is 21.5 Å². The second kappa shape index (κ2) is 3.57. The molecule has 4 heteroatoms. The van der Waals surface area contributed by atoms with Crippen LogP contribution in [-0.4, -0.2) is 4.98 Å². The molecule has 1 N–H and O–H groups in total. The molecule has 0 spiro atoms. The van der Waals surface area contributed by atoms with Gasteiger partial charge in [-0.1, -0.05) is 24.3 Å². The van der Waals surface area contributed by atoms with Gasteiger partial charge in [0.05, 0.1) is 10.6 Å². The maximum atomic E-state index is 10.9. The fourth-order valence-electron chi connectivity index (χ4n) is 1.82. The third-order valence-electron chi connectivity index (χ3n) is 2.54. The van der Waals surface area contributed by atoms with Crippen LogP contribution < -0.4 is 0 Å². The Labute approximate surface area is 95.7 Å². The maximum Gasteiger partial charge on any atom is 0.142 e. The summed E-state index contributed by atoms with van der Waals surface area (Å²) in [7, 11) is 0. The lowest BCUT2D eigenvalue weighted by Crippen LogP contribution is -1.70. The molecule has 0 bridgehead atoms. The monoisotopic (exact) mass is 228 g/mol. The normalized spacial score (nSPS) is 10.8. The van der Waals surface area contributed by atoms with Gasteiger partial charge in [-0.2, -0.15) is 0 Å². The largest absolute Gasteiger partial charge is 0.352 e. The molecule has 0 aliphatic rings. The third-order valence-corrected chi connectivity index (χ3v) is 3.42. The number of thiophene rings is 1.